The second kappa shape index (κ2) is 8.31. The van der Waals surface area contributed by atoms with Crippen LogP contribution in [0.5, 0.6) is 0 Å². The first-order valence-electron chi connectivity index (χ1n) is 7.82. The zero-order chi connectivity index (χ0) is 22.3. The van der Waals surface area contributed by atoms with Crippen LogP contribution in [0.4, 0.5) is 5.95 Å². The molecule has 0 aromatic carbocycles. The number of aromatic nitrogens is 4. The van der Waals surface area contributed by atoms with Gasteiger partial charge in [0.2, 0.25) is 5.95 Å². The van der Waals surface area contributed by atoms with E-state index < -0.39 is 48.5 Å². The molecule has 1 aliphatic rings. The molecule has 17 nitrogen and oxygen atoms in total. The molecule has 1 saturated heterocycles. The Morgan fingerprint density at radius 2 is 1.87 bits per heavy atom. The van der Waals surface area contributed by atoms with Crippen molar-refractivity contribution in [1.29, 1.82) is 0 Å². The molecule has 168 valence electrons. The molecule has 0 amide bonds. The van der Waals surface area contributed by atoms with Crippen LogP contribution in [0.15, 0.2) is 12.5 Å². The fourth-order valence-corrected chi connectivity index (χ4v) is 5.59. The lowest BCUT2D eigenvalue weighted by atomic mass is 10.2. The van der Waals surface area contributed by atoms with Crippen LogP contribution in [0.25, 0.3) is 11.2 Å². The van der Waals surface area contributed by atoms with Crippen molar-refractivity contribution in [3.05, 3.63) is 12.5 Å². The van der Waals surface area contributed by atoms with Crippen LogP contribution in [-0.2, 0) is 31.6 Å². The van der Waals surface area contributed by atoms with E-state index in [0.717, 1.165) is 0 Å². The monoisotopic (exact) mass is 491 g/mol. The number of nitrogens with zero attached hydrogens (tertiary/aromatic N) is 4. The van der Waals surface area contributed by atoms with Crippen molar-refractivity contribution < 1.29 is 56.3 Å². The Morgan fingerprint density at radius 3 is 2.53 bits per heavy atom. The zero-order valence-corrected chi connectivity index (χ0v) is 17.3. The third-order valence-corrected chi connectivity index (χ3v) is 7.47. The minimum Gasteiger partial charge on any atom is -0.390 e. The largest absolute Gasteiger partial charge is 0.490 e. The summed E-state index contributed by atoms with van der Waals surface area (Å²) in [5, 5.41) is 10.1. The summed E-state index contributed by atoms with van der Waals surface area (Å²) in [6, 6.07) is 0. The minimum absolute atomic E-state index is 0.000206. The van der Waals surface area contributed by atoms with Crippen molar-refractivity contribution in [2.45, 2.75) is 24.9 Å². The highest BCUT2D eigenvalue weighted by Gasteiger charge is 2.43. The van der Waals surface area contributed by atoms with Gasteiger partial charge in [0.15, 0.2) is 5.65 Å². The summed E-state index contributed by atoms with van der Waals surface area (Å²) in [6.07, 6.45) is -0.447. The van der Waals surface area contributed by atoms with E-state index >= 15 is 0 Å². The predicted octanol–water partition coefficient (Wildman–Crippen LogP) is -0.600. The molecule has 20 heteroatoms. The average molecular weight is 491 g/mol. The predicted molar refractivity (Wildman–Crippen MR) is 94.1 cm³/mol. The SMILES string of the molecule is Nc1ncc2ncn(C3CC(O)C(COP(=O)(O)OP(=O)(O)OP(=O)(O)O)O3)c2n1. The maximum atomic E-state index is 11.8. The van der Waals surface area contributed by atoms with E-state index in [-0.39, 0.29) is 12.4 Å². The first-order chi connectivity index (χ1) is 13.7. The Kier molecular flexibility index (Phi) is 6.47. The first-order valence-corrected chi connectivity index (χ1v) is 12.3. The Morgan fingerprint density at radius 1 is 1.17 bits per heavy atom. The molecule has 7 N–H and O–H groups in total. The van der Waals surface area contributed by atoms with Gasteiger partial charge in [0, 0.05) is 6.42 Å². The number of fused-ring (bicyclic) bond motifs is 1. The summed E-state index contributed by atoms with van der Waals surface area (Å²) in [6.45, 7) is -0.787. The van der Waals surface area contributed by atoms with E-state index in [1.165, 1.54) is 17.1 Å². The zero-order valence-electron chi connectivity index (χ0n) is 14.6. The van der Waals surface area contributed by atoms with E-state index in [9.17, 15) is 23.7 Å². The van der Waals surface area contributed by atoms with Gasteiger partial charge in [-0.15, -0.1) is 0 Å². The highest BCUT2D eigenvalue weighted by atomic mass is 31.3. The van der Waals surface area contributed by atoms with Crippen LogP contribution in [-0.4, -0.2) is 63.0 Å². The van der Waals surface area contributed by atoms with E-state index in [4.69, 9.17) is 25.2 Å². The van der Waals surface area contributed by atoms with Gasteiger partial charge in [0.1, 0.15) is 17.8 Å². The number of aliphatic hydroxyl groups is 1. The Hall–Kier alpha value is -1.32. The second-order valence-electron chi connectivity index (χ2n) is 5.91. The van der Waals surface area contributed by atoms with Gasteiger partial charge in [0.25, 0.3) is 0 Å². The number of imidazole rings is 1. The normalized spacial score (nSPS) is 26.5. The molecule has 1 aliphatic heterocycles. The molecule has 30 heavy (non-hydrogen) atoms. The Balaban J connectivity index is 1.64. The van der Waals surface area contributed by atoms with Crippen LogP contribution < -0.4 is 5.73 Å². The lowest BCUT2D eigenvalue weighted by Gasteiger charge is -2.19. The maximum absolute atomic E-state index is 11.8. The molecule has 0 radical (unpaired) electrons. The lowest BCUT2D eigenvalue weighted by Crippen LogP contribution is -2.26. The van der Waals surface area contributed by atoms with Crippen LogP contribution in [0.3, 0.4) is 0 Å². The number of ether oxygens (including phenoxy) is 1. The van der Waals surface area contributed by atoms with Crippen molar-refractivity contribution >= 4 is 40.6 Å². The summed E-state index contributed by atoms with van der Waals surface area (Å²) in [5.41, 5.74) is 6.26. The second-order valence-corrected chi connectivity index (χ2v) is 10.3. The summed E-state index contributed by atoms with van der Waals surface area (Å²) in [7, 11) is -16.5. The quantitative estimate of drug-likeness (QED) is 0.252. The number of hydrogen-bond donors (Lipinski definition) is 6. The summed E-state index contributed by atoms with van der Waals surface area (Å²) in [4.78, 5) is 47.4. The lowest BCUT2D eigenvalue weighted by molar-refractivity contribution is -0.0423. The fraction of sp³-hybridized carbons (Fsp3) is 0.500. The fourth-order valence-electron chi connectivity index (χ4n) is 2.56. The van der Waals surface area contributed by atoms with E-state index in [2.05, 4.69) is 28.1 Å². The van der Waals surface area contributed by atoms with Crippen LogP contribution in [0.1, 0.15) is 12.6 Å². The number of nitrogen functional groups attached to an aromatic ring is 1. The number of hydrogen-bond acceptors (Lipinski definition) is 12. The molecule has 2 aromatic rings. The molecule has 5 unspecified atom stereocenters. The number of aliphatic hydroxyl groups excluding tert-OH is 1. The molecule has 0 saturated carbocycles. The van der Waals surface area contributed by atoms with Crippen LogP contribution in [0, 0.1) is 0 Å². The van der Waals surface area contributed by atoms with Crippen molar-refractivity contribution in [3.63, 3.8) is 0 Å². The molecule has 5 atom stereocenters. The number of rotatable bonds is 8. The van der Waals surface area contributed by atoms with E-state index in [0.29, 0.717) is 11.2 Å². The van der Waals surface area contributed by atoms with Crippen LogP contribution in [0.2, 0.25) is 0 Å². The molecule has 2 aromatic heterocycles. The number of phosphoric ester groups is 1. The highest BCUT2D eigenvalue weighted by Crippen LogP contribution is 2.66. The van der Waals surface area contributed by atoms with Crippen LogP contribution >= 0.6 is 23.5 Å². The summed E-state index contributed by atoms with van der Waals surface area (Å²) in [5.74, 6) is -0.0213. The first kappa shape index (κ1) is 23.3. The van der Waals surface area contributed by atoms with Gasteiger partial charge in [-0.1, -0.05) is 0 Å². The molecule has 3 heterocycles. The third-order valence-electron chi connectivity index (χ3n) is 3.67. The summed E-state index contributed by atoms with van der Waals surface area (Å²) < 4.78 is 52.3. The number of phosphoric acid groups is 3. The van der Waals surface area contributed by atoms with E-state index in [1.54, 1.807) is 0 Å². The van der Waals surface area contributed by atoms with Gasteiger partial charge in [-0.25, -0.2) is 23.7 Å². The molecule has 0 bridgehead atoms. The smallest absolute Gasteiger partial charge is 0.390 e. The minimum atomic E-state index is -5.64. The van der Waals surface area contributed by atoms with Crippen molar-refractivity contribution in [2.75, 3.05) is 12.3 Å². The topological polar surface area (TPSA) is 259 Å². The molecular formula is C10H16N5O12P3. The van der Waals surface area contributed by atoms with E-state index in [1.807, 2.05) is 0 Å². The van der Waals surface area contributed by atoms with Crippen molar-refractivity contribution in [1.82, 2.24) is 19.5 Å². The molecular weight excluding hydrogens is 475 g/mol. The molecule has 1 fully saturated rings. The van der Waals surface area contributed by atoms with Gasteiger partial charge >= 0.3 is 23.5 Å². The standard InChI is InChI=1S/C10H16N5O12P3/c11-10-12-2-5-9(14-10)15(4-13-5)8-1-6(16)7(25-8)3-24-29(20,21)27-30(22,23)26-28(17,18)19/h2,4,6-8,16H,1,3H2,(H,20,21)(H,22,23)(H2,11,12,14)(H2,17,18,19). The number of nitrogens with two attached hydrogens (primary N) is 1. The van der Waals surface area contributed by atoms with Gasteiger partial charge in [-0.2, -0.15) is 13.6 Å². The van der Waals surface area contributed by atoms with Gasteiger partial charge in [0.05, 0.1) is 25.2 Å². The molecule has 3 rings (SSSR count). The molecule has 0 spiro atoms. The Labute approximate surface area is 166 Å². The highest BCUT2D eigenvalue weighted by molar-refractivity contribution is 7.66. The maximum Gasteiger partial charge on any atom is 0.490 e. The van der Waals surface area contributed by atoms with Crippen molar-refractivity contribution in [3.8, 4) is 0 Å². The number of anilines is 1. The average Bonchev–Trinajstić information content (AvgIpc) is 3.12. The van der Waals surface area contributed by atoms with Gasteiger partial charge in [-0.3, -0.25) is 9.09 Å². The van der Waals surface area contributed by atoms with Gasteiger partial charge < -0.3 is 35.2 Å². The third kappa shape index (κ3) is 5.88. The van der Waals surface area contributed by atoms with Gasteiger partial charge in [-0.05, 0) is 0 Å². The Bertz CT molecular complexity index is 1070. The summed E-state index contributed by atoms with van der Waals surface area (Å²) >= 11 is 0. The van der Waals surface area contributed by atoms with Crippen molar-refractivity contribution in [2.24, 2.45) is 0 Å². The molecule has 0 aliphatic carbocycles.